The van der Waals surface area contributed by atoms with Gasteiger partial charge in [0.15, 0.2) is 0 Å². The van der Waals surface area contributed by atoms with Crippen LogP contribution in [0.1, 0.15) is 5.56 Å². The van der Waals surface area contributed by atoms with E-state index in [-0.39, 0.29) is 0 Å². The Labute approximate surface area is 129 Å². The number of aromatic nitrogens is 1. The number of nitrogens with one attached hydrogen (secondary N) is 1. The van der Waals surface area contributed by atoms with Crippen molar-refractivity contribution in [1.82, 2.24) is 9.29 Å². The molecule has 8 heteroatoms. The average Bonchev–Trinajstić information content (AvgIpc) is 2.54. The number of rotatable bonds is 3. The Bertz CT molecular complexity index is 726. The molecule has 0 aliphatic carbocycles. The highest BCUT2D eigenvalue weighted by atomic mass is 32.3. The fraction of sp³-hybridized carbons (Fsp3) is 0.286. The molecule has 0 spiro atoms. The number of benzene rings is 1. The van der Waals surface area contributed by atoms with Crippen LogP contribution in [0.5, 0.6) is 0 Å². The molecule has 0 radical (unpaired) electrons. The van der Waals surface area contributed by atoms with Crippen LogP contribution in [0.15, 0.2) is 30.5 Å². The van der Waals surface area contributed by atoms with E-state index in [4.69, 9.17) is 10.00 Å². The van der Waals surface area contributed by atoms with Gasteiger partial charge in [0.1, 0.15) is 0 Å². The molecule has 1 aromatic heterocycles. The van der Waals surface area contributed by atoms with Crippen molar-refractivity contribution in [3.63, 3.8) is 0 Å². The van der Waals surface area contributed by atoms with E-state index in [0.29, 0.717) is 37.6 Å². The van der Waals surface area contributed by atoms with Crippen molar-refractivity contribution in [2.45, 2.75) is 0 Å². The van der Waals surface area contributed by atoms with Crippen molar-refractivity contribution in [2.24, 2.45) is 0 Å². The maximum absolute atomic E-state index is 10.3. The highest BCUT2D eigenvalue weighted by molar-refractivity contribution is 8.23. The summed E-state index contributed by atoms with van der Waals surface area (Å²) in [6.45, 7) is 1.85. The lowest BCUT2D eigenvalue weighted by Gasteiger charge is -2.44. The van der Waals surface area contributed by atoms with Crippen molar-refractivity contribution in [3.05, 3.63) is 36.0 Å². The number of nitrogens with zero attached hydrogens (tertiary/aromatic N) is 3. The van der Waals surface area contributed by atoms with Gasteiger partial charge in [0.2, 0.25) is 0 Å². The van der Waals surface area contributed by atoms with Gasteiger partial charge in [0, 0.05) is 18.5 Å². The monoisotopic (exact) mass is 320 g/mol. The van der Waals surface area contributed by atoms with E-state index in [1.807, 2.05) is 0 Å². The molecule has 1 saturated heterocycles. The van der Waals surface area contributed by atoms with Crippen LogP contribution in [0, 0.1) is 11.3 Å². The number of nitriles is 1. The van der Waals surface area contributed by atoms with Gasteiger partial charge < -0.3 is 4.74 Å². The topological polar surface area (TPSA) is 102 Å². The Balaban J connectivity index is 1.85. The molecule has 116 valence electrons. The number of anilines is 1. The van der Waals surface area contributed by atoms with E-state index >= 15 is 0 Å². The zero-order valence-electron chi connectivity index (χ0n) is 11.8. The molecule has 0 atom stereocenters. The normalized spacial score (nSPS) is 17.1. The Morgan fingerprint density at radius 3 is 2.77 bits per heavy atom. The number of ether oxygens (including phenoxy) is 1. The van der Waals surface area contributed by atoms with Gasteiger partial charge in [0.05, 0.1) is 42.2 Å². The van der Waals surface area contributed by atoms with Gasteiger partial charge >= 0.3 is 0 Å². The van der Waals surface area contributed by atoms with Crippen LogP contribution in [-0.2, 0) is 4.74 Å². The summed E-state index contributed by atoms with van der Waals surface area (Å²) in [4.78, 5) is 4.26. The summed E-state index contributed by atoms with van der Waals surface area (Å²) in [5.74, 6) is 0. The van der Waals surface area contributed by atoms with E-state index in [9.17, 15) is 9.11 Å². The zero-order chi connectivity index (χ0) is 15.6. The van der Waals surface area contributed by atoms with Crippen LogP contribution in [0.25, 0.3) is 10.9 Å². The van der Waals surface area contributed by atoms with Crippen LogP contribution in [-0.4, -0.2) is 44.7 Å². The van der Waals surface area contributed by atoms with Crippen LogP contribution in [0.3, 0.4) is 0 Å². The number of hydrogen-bond donors (Lipinski definition) is 3. The van der Waals surface area contributed by atoms with Crippen LogP contribution >= 0.6 is 11.0 Å². The summed E-state index contributed by atoms with van der Waals surface area (Å²) in [7, 11) is -3.12. The van der Waals surface area contributed by atoms with E-state index in [1.165, 1.54) is 0 Å². The van der Waals surface area contributed by atoms with Gasteiger partial charge in [-0.2, -0.15) is 9.57 Å². The first-order valence-electron chi connectivity index (χ1n) is 6.77. The quantitative estimate of drug-likeness (QED) is 0.798. The predicted molar refractivity (Wildman–Crippen MR) is 85.3 cm³/mol. The lowest BCUT2D eigenvalue weighted by Crippen LogP contribution is -2.40. The second-order valence-electron chi connectivity index (χ2n) is 4.91. The van der Waals surface area contributed by atoms with E-state index < -0.39 is 11.0 Å². The molecule has 1 fully saturated rings. The number of hydrogen-bond acceptors (Lipinski definition) is 7. The molecule has 2 heterocycles. The summed E-state index contributed by atoms with van der Waals surface area (Å²) >= 11 is 0. The summed E-state index contributed by atoms with van der Waals surface area (Å²) in [6.07, 6.45) is 1.54. The molecule has 0 amide bonds. The maximum atomic E-state index is 10.3. The molecule has 2 aromatic rings. The minimum atomic E-state index is -3.12. The zero-order valence-corrected chi connectivity index (χ0v) is 12.6. The van der Waals surface area contributed by atoms with E-state index in [1.54, 1.807) is 34.8 Å². The molecule has 22 heavy (non-hydrogen) atoms. The van der Waals surface area contributed by atoms with Gasteiger partial charge in [-0.3, -0.25) is 18.8 Å². The molecule has 1 aromatic carbocycles. The van der Waals surface area contributed by atoms with Crippen LogP contribution in [0.4, 0.5) is 5.69 Å². The van der Waals surface area contributed by atoms with Crippen LogP contribution < -0.4 is 4.72 Å². The van der Waals surface area contributed by atoms with E-state index in [0.717, 1.165) is 10.9 Å². The summed E-state index contributed by atoms with van der Waals surface area (Å²) in [5, 5.41) is 9.71. The molecular weight excluding hydrogens is 304 g/mol. The number of morpholine rings is 1. The lowest BCUT2D eigenvalue weighted by molar-refractivity contribution is 0.0690. The molecule has 0 unspecified atom stereocenters. The summed E-state index contributed by atoms with van der Waals surface area (Å²) in [6, 6.07) is 9.00. The maximum Gasteiger partial charge on any atom is 0.0991 e. The third kappa shape index (κ3) is 3.14. The second-order valence-corrected chi connectivity index (χ2v) is 6.66. The van der Waals surface area contributed by atoms with Crippen molar-refractivity contribution < 1.29 is 13.8 Å². The fourth-order valence-corrected chi connectivity index (χ4v) is 3.50. The fourth-order valence-electron chi connectivity index (χ4n) is 2.28. The molecule has 7 nitrogen and oxygen atoms in total. The Morgan fingerprint density at radius 1 is 1.27 bits per heavy atom. The van der Waals surface area contributed by atoms with Gasteiger partial charge in [-0.15, -0.1) is 0 Å². The predicted octanol–water partition coefficient (Wildman–Crippen LogP) is 2.43. The molecule has 1 aliphatic rings. The highest BCUT2D eigenvalue weighted by Crippen LogP contribution is 2.43. The average molecular weight is 320 g/mol. The number of pyridine rings is 1. The molecular formula is C14H16N4O3S. The SMILES string of the molecule is N#Cc1ccc2ncc(NS(O)(O)N3CCOCC3)cc2c1. The first-order chi connectivity index (χ1) is 10.6. The Morgan fingerprint density at radius 2 is 2.05 bits per heavy atom. The highest BCUT2D eigenvalue weighted by Gasteiger charge is 2.25. The molecule has 0 bridgehead atoms. The summed E-state index contributed by atoms with van der Waals surface area (Å²) in [5.41, 5.74) is 1.77. The first-order valence-corrected chi connectivity index (χ1v) is 8.27. The first kappa shape index (κ1) is 15.0. The number of fused-ring (bicyclic) bond motifs is 1. The van der Waals surface area contributed by atoms with Gasteiger partial charge in [-0.1, -0.05) is 11.0 Å². The molecule has 3 rings (SSSR count). The van der Waals surface area contributed by atoms with Gasteiger partial charge in [-0.05, 0) is 24.3 Å². The minimum Gasteiger partial charge on any atom is -0.379 e. The minimum absolute atomic E-state index is 0.453. The van der Waals surface area contributed by atoms with Gasteiger partial charge in [-0.25, -0.2) is 0 Å². The lowest BCUT2D eigenvalue weighted by atomic mass is 10.1. The largest absolute Gasteiger partial charge is 0.379 e. The molecule has 3 N–H and O–H groups in total. The third-order valence-electron chi connectivity index (χ3n) is 3.40. The van der Waals surface area contributed by atoms with Crippen molar-refractivity contribution in [3.8, 4) is 6.07 Å². The van der Waals surface area contributed by atoms with Gasteiger partial charge in [0.25, 0.3) is 0 Å². The standard InChI is InChI=1S/C14H16N4O3S/c15-9-11-1-2-14-12(7-11)8-13(10-16-14)17-22(19,20)18-3-5-21-6-4-18/h1-2,7-8,10,17,19-20H,3-6H2. The van der Waals surface area contributed by atoms with Crippen LogP contribution in [0.2, 0.25) is 0 Å². The summed E-state index contributed by atoms with van der Waals surface area (Å²) < 4.78 is 30.1. The third-order valence-corrected chi connectivity index (χ3v) is 4.99. The Hall–Kier alpha value is -1.89. The molecule has 1 aliphatic heterocycles. The van der Waals surface area contributed by atoms with Crippen molar-refractivity contribution >= 4 is 27.6 Å². The molecule has 0 saturated carbocycles. The second kappa shape index (κ2) is 6.08. The van der Waals surface area contributed by atoms with Crippen molar-refractivity contribution in [2.75, 3.05) is 31.0 Å². The Kier molecular flexibility index (Phi) is 4.15. The smallest absolute Gasteiger partial charge is 0.0991 e. The van der Waals surface area contributed by atoms with Crippen molar-refractivity contribution in [1.29, 1.82) is 5.26 Å². The van der Waals surface area contributed by atoms with E-state index in [2.05, 4.69) is 15.8 Å².